The van der Waals surface area contributed by atoms with Crippen LogP contribution >= 0.6 is 11.6 Å². The van der Waals surface area contributed by atoms with Gasteiger partial charge in [0.15, 0.2) is 17.5 Å². The molecule has 0 aliphatic carbocycles. The van der Waals surface area contributed by atoms with E-state index in [4.69, 9.17) is 16.6 Å². The number of rotatable bonds is 9. The lowest BCUT2D eigenvalue weighted by Gasteiger charge is -2.11. The lowest BCUT2D eigenvalue weighted by atomic mass is 10.1. The molecule has 342 valence electrons. The normalized spacial score (nSPS) is 10.7. The second kappa shape index (κ2) is 21.5. The van der Waals surface area contributed by atoms with Crippen molar-refractivity contribution < 1.29 is 4.39 Å². The standard InChI is InChI=1S/C19H13ClN4.C19H13FN4.C18H13N5/c2*20-14-7-5-13(6-8-14)18-23-17-4-2-1-3-16(17)19(24-18)22-15-9-11-21-12-10-15;1-2-7-13(8-3-1)16-21-15-10-5-4-9-14(15)17(22-16)23-18-19-11-6-12-20-18/h2*1-12H,(H,21,22,23,24);1-12H,(H,19,20,21,22,23). The van der Waals surface area contributed by atoms with Gasteiger partial charge in [-0.05, 0) is 115 Å². The number of hydrogen-bond acceptors (Lipinski definition) is 13. The largest absolute Gasteiger partial charge is 0.340 e. The molecule has 0 saturated carbocycles. The summed E-state index contributed by atoms with van der Waals surface area (Å²) in [5, 5.41) is 13.3. The Morgan fingerprint density at radius 3 is 1.17 bits per heavy atom. The number of halogens is 2. The van der Waals surface area contributed by atoms with Crippen molar-refractivity contribution in [3.63, 3.8) is 0 Å². The molecule has 0 radical (unpaired) electrons. The maximum atomic E-state index is 13.2. The van der Waals surface area contributed by atoms with Gasteiger partial charge in [0.2, 0.25) is 5.95 Å². The van der Waals surface area contributed by atoms with Crippen molar-refractivity contribution in [3.8, 4) is 34.2 Å². The third-order valence-corrected chi connectivity index (χ3v) is 11.0. The van der Waals surface area contributed by atoms with Gasteiger partial charge in [-0.1, -0.05) is 78.3 Å². The number of pyridine rings is 2. The van der Waals surface area contributed by atoms with Gasteiger partial charge in [-0.25, -0.2) is 44.3 Å². The van der Waals surface area contributed by atoms with Crippen LogP contribution in [0, 0.1) is 5.82 Å². The Labute approximate surface area is 411 Å². The summed E-state index contributed by atoms with van der Waals surface area (Å²) >= 11 is 5.97. The molecule has 15 heteroatoms. The highest BCUT2D eigenvalue weighted by Gasteiger charge is 2.13. The summed E-state index contributed by atoms with van der Waals surface area (Å²) in [6, 6.07) is 56.5. The predicted octanol–water partition coefficient (Wildman–Crippen LogP) is 13.5. The Kier molecular flexibility index (Phi) is 13.7. The Hall–Kier alpha value is -9.66. The molecule has 13 nitrogen and oxygen atoms in total. The summed E-state index contributed by atoms with van der Waals surface area (Å²) < 4.78 is 13.2. The quantitative estimate of drug-likeness (QED) is 0.125. The number of nitrogens with zero attached hydrogens (tertiary/aromatic N) is 10. The smallest absolute Gasteiger partial charge is 0.228 e. The molecule has 0 unspecified atom stereocenters. The van der Waals surface area contributed by atoms with E-state index >= 15 is 0 Å². The van der Waals surface area contributed by atoms with Crippen molar-refractivity contribution in [2.24, 2.45) is 0 Å². The molecule has 12 aromatic rings. The third-order valence-electron chi connectivity index (χ3n) is 10.7. The summed E-state index contributed by atoms with van der Waals surface area (Å²) in [6.07, 6.45) is 10.3. The number of fused-ring (bicyclic) bond motifs is 3. The Balaban J connectivity index is 0.000000123. The van der Waals surface area contributed by atoms with E-state index in [2.05, 4.69) is 60.8 Å². The van der Waals surface area contributed by atoms with Crippen LogP contribution < -0.4 is 16.0 Å². The fourth-order valence-electron chi connectivity index (χ4n) is 7.30. The molecular weight excluding hydrogens is 909 g/mol. The number of nitrogens with one attached hydrogen (secondary N) is 3. The van der Waals surface area contributed by atoms with Crippen LogP contribution in [0.25, 0.3) is 66.9 Å². The minimum absolute atomic E-state index is 0.283. The number of hydrogen-bond donors (Lipinski definition) is 3. The highest BCUT2D eigenvalue weighted by Crippen LogP contribution is 2.30. The van der Waals surface area contributed by atoms with E-state index in [1.807, 2.05) is 152 Å². The SMILES string of the molecule is Clc1ccc(-c2nc(Nc3ccncc3)c3ccccc3n2)cc1.Fc1ccc(-c2nc(Nc3ccncc3)c3ccccc3n2)cc1.c1ccc(-c2nc(Nc3ncccn3)c3ccccc3n2)cc1. The number of benzene rings is 6. The fraction of sp³-hybridized carbons (Fsp3) is 0. The van der Waals surface area contributed by atoms with E-state index in [1.54, 1.807) is 55.4 Å². The molecule has 12 rings (SSSR count). The van der Waals surface area contributed by atoms with Crippen LogP contribution in [0.15, 0.2) is 219 Å². The Morgan fingerprint density at radius 1 is 0.338 bits per heavy atom. The van der Waals surface area contributed by atoms with Gasteiger partial charge in [0.1, 0.15) is 23.3 Å². The zero-order valence-corrected chi connectivity index (χ0v) is 38.3. The topological polar surface area (TPSA) is 165 Å². The highest BCUT2D eigenvalue weighted by molar-refractivity contribution is 6.30. The number of para-hydroxylation sites is 3. The van der Waals surface area contributed by atoms with Crippen LogP contribution in [-0.4, -0.2) is 49.8 Å². The van der Waals surface area contributed by atoms with Crippen LogP contribution in [0.2, 0.25) is 5.02 Å². The lowest BCUT2D eigenvalue weighted by molar-refractivity contribution is 0.628. The third kappa shape index (κ3) is 11.2. The average molecular weight is 948 g/mol. The minimum atomic E-state index is -0.283. The molecule has 0 aliphatic heterocycles. The maximum Gasteiger partial charge on any atom is 0.228 e. The highest BCUT2D eigenvalue weighted by atomic mass is 35.5. The van der Waals surface area contributed by atoms with Crippen LogP contribution in [0.1, 0.15) is 0 Å². The molecule has 6 aromatic carbocycles. The van der Waals surface area contributed by atoms with Crippen molar-refractivity contribution in [2.45, 2.75) is 0 Å². The summed E-state index contributed by atoms with van der Waals surface area (Å²) in [5.74, 6) is 4.25. The molecule has 0 amide bonds. The fourth-order valence-corrected chi connectivity index (χ4v) is 7.43. The van der Waals surface area contributed by atoms with Crippen molar-refractivity contribution in [2.75, 3.05) is 16.0 Å². The second-order valence-corrected chi connectivity index (χ2v) is 16.0. The molecule has 6 aromatic heterocycles. The molecule has 0 aliphatic rings. The Morgan fingerprint density at radius 2 is 0.718 bits per heavy atom. The predicted molar refractivity (Wildman–Crippen MR) is 280 cm³/mol. The summed E-state index contributed by atoms with van der Waals surface area (Å²) in [5.41, 5.74) is 7.05. The molecule has 0 atom stereocenters. The molecule has 0 bridgehead atoms. The van der Waals surface area contributed by atoms with E-state index in [0.717, 1.165) is 66.6 Å². The lowest BCUT2D eigenvalue weighted by Crippen LogP contribution is -2.01. The van der Waals surface area contributed by atoms with E-state index in [-0.39, 0.29) is 5.82 Å². The van der Waals surface area contributed by atoms with Gasteiger partial charge in [-0.2, -0.15) is 0 Å². The van der Waals surface area contributed by atoms with E-state index in [9.17, 15) is 4.39 Å². The van der Waals surface area contributed by atoms with Crippen LogP contribution in [0.5, 0.6) is 0 Å². The van der Waals surface area contributed by atoms with Gasteiger partial charge in [-0.15, -0.1) is 0 Å². The number of anilines is 6. The monoisotopic (exact) mass is 947 g/mol. The van der Waals surface area contributed by atoms with Crippen molar-refractivity contribution in [3.05, 3.63) is 230 Å². The zero-order chi connectivity index (χ0) is 48.2. The van der Waals surface area contributed by atoms with Gasteiger partial charge in [-0.3, -0.25) is 9.97 Å². The van der Waals surface area contributed by atoms with Crippen LogP contribution in [0.4, 0.5) is 39.2 Å². The van der Waals surface area contributed by atoms with Crippen molar-refractivity contribution >= 4 is 79.1 Å². The van der Waals surface area contributed by atoms with Crippen molar-refractivity contribution in [1.29, 1.82) is 0 Å². The minimum Gasteiger partial charge on any atom is -0.340 e. The molecule has 0 spiro atoms. The summed E-state index contributed by atoms with van der Waals surface area (Å²) in [7, 11) is 0. The average Bonchev–Trinajstić information content (AvgIpc) is 3.43. The van der Waals surface area contributed by atoms with Gasteiger partial charge in [0.05, 0.1) is 16.6 Å². The first-order chi connectivity index (χ1) is 35.0. The van der Waals surface area contributed by atoms with E-state index in [0.29, 0.717) is 40.1 Å². The first kappa shape index (κ1) is 45.1. The van der Waals surface area contributed by atoms with Gasteiger partial charge >= 0.3 is 0 Å². The summed E-state index contributed by atoms with van der Waals surface area (Å²) in [6.45, 7) is 0. The second-order valence-electron chi connectivity index (χ2n) is 15.5. The molecule has 0 saturated heterocycles. The van der Waals surface area contributed by atoms with E-state index in [1.165, 1.54) is 12.1 Å². The van der Waals surface area contributed by atoms with Crippen LogP contribution in [0.3, 0.4) is 0 Å². The van der Waals surface area contributed by atoms with E-state index < -0.39 is 0 Å². The molecule has 0 fully saturated rings. The van der Waals surface area contributed by atoms with Gasteiger partial charge in [0, 0.05) is 86.4 Å². The molecule has 71 heavy (non-hydrogen) atoms. The first-order valence-corrected chi connectivity index (χ1v) is 22.6. The first-order valence-electron chi connectivity index (χ1n) is 22.2. The maximum absolute atomic E-state index is 13.2. The van der Waals surface area contributed by atoms with Crippen molar-refractivity contribution in [1.82, 2.24) is 49.8 Å². The molecule has 6 heterocycles. The van der Waals surface area contributed by atoms with Gasteiger partial charge in [0.25, 0.3) is 0 Å². The summed E-state index contributed by atoms with van der Waals surface area (Å²) in [4.78, 5) is 44.4. The zero-order valence-electron chi connectivity index (χ0n) is 37.5. The van der Waals surface area contributed by atoms with Gasteiger partial charge < -0.3 is 16.0 Å². The Bertz CT molecular complexity index is 3530. The number of aromatic nitrogens is 10. The molecular formula is C56H39ClFN13. The van der Waals surface area contributed by atoms with Crippen LogP contribution in [-0.2, 0) is 0 Å². The molecule has 3 N–H and O–H groups in total.